The van der Waals surface area contributed by atoms with Crippen molar-refractivity contribution < 1.29 is 19.4 Å². The van der Waals surface area contributed by atoms with Gasteiger partial charge in [-0.1, -0.05) is 57.9 Å². The van der Waals surface area contributed by atoms with E-state index in [0.717, 1.165) is 51.4 Å². The van der Waals surface area contributed by atoms with Crippen LogP contribution in [0.1, 0.15) is 90.9 Å². The zero-order valence-electron chi connectivity index (χ0n) is 16.3. The third-order valence-electron chi connectivity index (χ3n) is 4.98. The van der Waals surface area contributed by atoms with E-state index >= 15 is 0 Å². The molecule has 4 atom stereocenters. The quantitative estimate of drug-likeness (QED) is 0.273. The van der Waals surface area contributed by atoms with E-state index < -0.39 is 6.10 Å². The van der Waals surface area contributed by atoms with Crippen LogP contribution >= 0.6 is 0 Å². The van der Waals surface area contributed by atoms with Gasteiger partial charge in [-0.3, -0.25) is 4.79 Å². The van der Waals surface area contributed by atoms with Crippen LogP contribution in [0.4, 0.5) is 0 Å². The van der Waals surface area contributed by atoms with E-state index in [2.05, 4.69) is 13.5 Å². The summed E-state index contributed by atoms with van der Waals surface area (Å²) in [5.41, 5.74) is 0. The monoisotopic (exact) mass is 354 g/mol. The summed E-state index contributed by atoms with van der Waals surface area (Å²) in [6.07, 6.45) is 13.6. The van der Waals surface area contributed by atoms with Gasteiger partial charge in [-0.15, -0.1) is 6.58 Å². The number of esters is 1. The molecule has 1 rings (SSSR count). The van der Waals surface area contributed by atoms with Gasteiger partial charge in [-0.05, 0) is 25.7 Å². The minimum absolute atomic E-state index is 0.0611. The molecule has 0 aromatic heterocycles. The first kappa shape index (κ1) is 22.2. The minimum Gasteiger partial charge on any atom is -0.460 e. The highest BCUT2D eigenvalue weighted by atomic mass is 16.6. The van der Waals surface area contributed by atoms with Crippen molar-refractivity contribution in [3.63, 3.8) is 0 Å². The van der Waals surface area contributed by atoms with Crippen molar-refractivity contribution in [2.24, 2.45) is 0 Å². The van der Waals surface area contributed by atoms with Gasteiger partial charge < -0.3 is 14.6 Å². The molecule has 0 amide bonds. The summed E-state index contributed by atoms with van der Waals surface area (Å²) in [7, 11) is 0. The summed E-state index contributed by atoms with van der Waals surface area (Å²) in [4.78, 5) is 11.3. The molecule has 0 unspecified atom stereocenters. The van der Waals surface area contributed by atoms with Crippen LogP contribution in [-0.4, -0.2) is 35.5 Å². The SMILES string of the molecule is C=CCCCCCCC[C@@H](O)[C@H]1C[C@H](OC(C)=O)[C@H](CCCCC)O1. The Morgan fingerprint density at radius 2 is 1.96 bits per heavy atom. The topological polar surface area (TPSA) is 55.8 Å². The van der Waals surface area contributed by atoms with Crippen LogP contribution in [0.3, 0.4) is 0 Å². The molecule has 1 aliphatic heterocycles. The molecular formula is C21H38O4. The number of ether oxygens (including phenoxy) is 2. The van der Waals surface area contributed by atoms with Crippen molar-refractivity contribution in [1.82, 2.24) is 0 Å². The molecular weight excluding hydrogens is 316 g/mol. The lowest BCUT2D eigenvalue weighted by molar-refractivity contribution is -0.149. The highest BCUT2D eigenvalue weighted by Gasteiger charge is 2.39. The third-order valence-corrected chi connectivity index (χ3v) is 4.98. The van der Waals surface area contributed by atoms with Gasteiger partial charge in [0.1, 0.15) is 6.10 Å². The molecule has 0 spiro atoms. The summed E-state index contributed by atoms with van der Waals surface area (Å²) >= 11 is 0. The van der Waals surface area contributed by atoms with Crippen LogP contribution in [0.15, 0.2) is 12.7 Å². The molecule has 0 aliphatic carbocycles. The lowest BCUT2D eigenvalue weighted by Crippen LogP contribution is -2.26. The molecule has 4 nitrogen and oxygen atoms in total. The first-order chi connectivity index (χ1) is 12.1. The van der Waals surface area contributed by atoms with Gasteiger partial charge in [0.25, 0.3) is 0 Å². The zero-order valence-corrected chi connectivity index (χ0v) is 16.3. The van der Waals surface area contributed by atoms with E-state index in [1.165, 1.54) is 26.2 Å². The van der Waals surface area contributed by atoms with Crippen LogP contribution in [0.25, 0.3) is 0 Å². The zero-order chi connectivity index (χ0) is 18.5. The number of unbranched alkanes of at least 4 members (excludes halogenated alkanes) is 7. The molecule has 25 heavy (non-hydrogen) atoms. The van der Waals surface area contributed by atoms with Gasteiger partial charge in [-0.25, -0.2) is 0 Å². The molecule has 1 heterocycles. The Bertz CT molecular complexity index is 369. The molecule has 0 radical (unpaired) electrons. The first-order valence-electron chi connectivity index (χ1n) is 10.2. The Morgan fingerprint density at radius 1 is 1.24 bits per heavy atom. The summed E-state index contributed by atoms with van der Waals surface area (Å²) < 4.78 is 11.5. The van der Waals surface area contributed by atoms with Gasteiger partial charge in [0.15, 0.2) is 0 Å². The Morgan fingerprint density at radius 3 is 2.64 bits per heavy atom. The maximum Gasteiger partial charge on any atom is 0.302 e. The highest BCUT2D eigenvalue weighted by Crippen LogP contribution is 2.30. The number of rotatable bonds is 14. The number of carbonyl (C=O) groups excluding carboxylic acids is 1. The highest BCUT2D eigenvalue weighted by molar-refractivity contribution is 5.66. The fourth-order valence-corrected chi connectivity index (χ4v) is 3.54. The van der Waals surface area contributed by atoms with Crippen molar-refractivity contribution in [1.29, 1.82) is 0 Å². The molecule has 1 N–H and O–H groups in total. The number of allylic oxidation sites excluding steroid dienone is 1. The van der Waals surface area contributed by atoms with Crippen LogP contribution in [0.5, 0.6) is 0 Å². The lowest BCUT2D eigenvalue weighted by Gasteiger charge is -2.19. The second-order valence-electron chi connectivity index (χ2n) is 7.29. The number of hydrogen-bond donors (Lipinski definition) is 1. The van der Waals surface area contributed by atoms with Crippen LogP contribution < -0.4 is 0 Å². The average molecular weight is 355 g/mol. The van der Waals surface area contributed by atoms with Gasteiger partial charge >= 0.3 is 5.97 Å². The Hall–Kier alpha value is -0.870. The van der Waals surface area contributed by atoms with Crippen LogP contribution in [0, 0.1) is 0 Å². The second-order valence-corrected chi connectivity index (χ2v) is 7.29. The number of carbonyl (C=O) groups is 1. The normalized spacial score (nSPS) is 24.2. The van der Waals surface area contributed by atoms with Gasteiger partial charge in [0, 0.05) is 13.3 Å². The van der Waals surface area contributed by atoms with Crippen molar-refractivity contribution >= 4 is 5.97 Å². The Labute approximate surface area is 154 Å². The second kappa shape index (κ2) is 13.3. The lowest BCUT2D eigenvalue weighted by atomic mass is 10.00. The van der Waals surface area contributed by atoms with Gasteiger partial charge in [-0.2, -0.15) is 0 Å². The molecule has 1 aliphatic rings. The molecule has 0 aromatic rings. The van der Waals surface area contributed by atoms with E-state index in [1.807, 2.05) is 6.08 Å². The Kier molecular flexibility index (Phi) is 11.8. The van der Waals surface area contributed by atoms with E-state index in [4.69, 9.17) is 9.47 Å². The smallest absolute Gasteiger partial charge is 0.302 e. The fraction of sp³-hybridized carbons (Fsp3) is 0.857. The number of aliphatic hydroxyl groups excluding tert-OH is 1. The van der Waals surface area contributed by atoms with E-state index in [-0.39, 0.29) is 24.3 Å². The van der Waals surface area contributed by atoms with E-state index in [1.54, 1.807) is 0 Å². The first-order valence-corrected chi connectivity index (χ1v) is 10.2. The average Bonchev–Trinajstić information content (AvgIpc) is 2.96. The largest absolute Gasteiger partial charge is 0.460 e. The summed E-state index contributed by atoms with van der Waals surface area (Å²) in [6.45, 7) is 7.35. The molecule has 4 heteroatoms. The molecule has 0 aromatic carbocycles. The van der Waals surface area contributed by atoms with Crippen LogP contribution in [0.2, 0.25) is 0 Å². The van der Waals surface area contributed by atoms with Crippen LogP contribution in [-0.2, 0) is 14.3 Å². The van der Waals surface area contributed by atoms with E-state index in [9.17, 15) is 9.90 Å². The minimum atomic E-state index is -0.456. The molecule has 1 fully saturated rings. The maximum absolute atomic E-state index is 11.3. The molecule has 146 valence electrons. The van der Waals surface area contributed by atoms with Gasteiger partial charge in [0.2, 0.25) is 0 Å². The molecule has 1 saturated heterocycles. The summed E-state index contributed by atoms with van der Waals surface area (Å²) in [5, 5.41) is 10.5. The summed E-state index contributed by atoms with van der Waals surface area (Å²) in [6, 6.07) is 0. The summed E-state index contributed by atoms with van der Waals surface area (Å²) in [5.74, 6) is -0.260. The van der Waals surface area contributed by atoms with Crippen molar-refractivity contribution in [3.05, 3.63) is 12.7 Å². The molecule has 0 bridgehead atoms. The van der Waals surface area contributed by atoms with Crippen molar-refractivity contribution in [2.75, 3.05) is 0 Å². The van der Waals surface area contributed by atoms with Gasteiger partial charge in [0.05, 0.1) is 18.3 Å². The Balaban J connectivity index is 2.30. The van der Waals surface area contributed by atoms with Crippen molar-refractivity contribution in [3.8, 4) is 0 Å². The predicted octanol–water partition coefficient (Wildman–Crippen LogP) is 4.93. The predicted molar refractivity (Wildman–Crippen MR) is 101 cm³/mol. The third kappa shape index (κ3) is 9.41. The number of hydrogen-bond acceptors (Lipinski definition) is 4. The van der Waals surface area contributed by atoms with Crippen molar-refractivity contribution in [2.45, 2.75) is 115 Å². The standard InChI is InChI=1S/C21H38O4/c1-4-6-8-9-10-11-13-14-18(23)20-16-21(24-17(3)22)19(25-20)15-12-7-5-2/h4,18-21,23H,1,5-16H2,2-3H3/t18-,19+,20-,21+/m1/s1. The number of aliphatic hydroxyl groups is 1. The fourth-order valence-electron chi connectivity index (χ4n) is 3.54. The maximum atomic E-state index is 11.3. The molecule has 0 saturated carbocycles. The van der Waals surface area contributed by atoms with E-state index in [0.29, 0.717) is 6.42 Å².